The molecule has 1 aromatic rings. The number of aliphatic imine (C=N–C) groups is 1. The predicted octanol–water partition coefficient (Wildman–Crippen LogP) is 0.226. The summed E-state index contributed by atoms with van der Waals surface area (Å²) < 4.78 is 0. The number of amides is 3. The van der Waals surface area contributed by atoms with Gasteiger partial charge in [0.2, 0.25) is 0 Å². The van der Waals surface area contributed by atoms with E-state index in [1.165, 1.54) is 11.9 Å². The highest BCUT2D eigenvalue weighted by Gasteiger charge is 2.50. The molecule has 0 aromatic carbocycles. The van der Waals surface area contributed by atoms with Crippen molar-refractivity contribution in [2.24, 2.45) is 10.9 Å². The van der Waals surface area contributed by atoms with Crippen molar-refractivity contribution in [1.82, 2.24) is 9.80 Å². The molecule has 1 fully saturated rings. The van der Waals surface area contributed by atoms with Gasteiger partial charge in [-0.2, -0.15) is 4.90 Å². The van der Waals surface area contributed by atoms with E-state index in [0.717, 1.165) is 21.1 Å². The van der Waals surface area contributed by atoms with Crippen LogP contribution >= 0.6 is 11.3 Å². The zero-order chi connectivity index (χ0) is 15.9. The molecule has 1 unspecified atom stereocenters. The average Bonchev–Trinajstić information content (AvgIpc) is 3.02. The van der Waals surface area contributed by atoms with Crippen LogP contribution in [-0.4, -0.2) is 47.4 Å². The van der Waals surface area contributed by atoms with Gasteiger partial charge in [0.05, 0.1) is 25.5 Å². The predicted molar refractivity (Wildman–Crippen MR) is 84.6 cm³/mol. The highest BCUT2D eigenvalue weighted by molar-refractivity contribution is 7.09. The fourth-order valence-corrected chi connectivity index (χ4v) is 3.25. The third-order valence-electron chi connectivity index (χ3n) is 3.89. The number of thiophene rings is 1. The molecule has 1 atom stereocenters. The number of imide groups is 1. The van der Waals surface area contributed by atoms with Gasteiger partial charge in [-0.15, -0.1) is 11.3 Å². The van der Waals surface area contributed by atoms with Gasteiger partial charge in [0.15, 0.2) is 5.92 Å². The maximum absolute atomic E-state index is 12.5. The highest BCUT2D eigenvalue weighted by Crippen LogP contribution is 2.22. The fourth-order valence-electron chi connectivity index (χ4n) is 2.62. The Morgan fingerprint density at radius 3 is 2.77 bits per heavy atom. The number of amidine groups is 1. The molecule has 1 saturated heterocycles. The molecule has 22 heavy (non-hydrogen) atoms. The van der Waals surface area contributed by atoms with Crippen molar-refractivity contribution in [3.63, 3.8) is 0 Å². The number of hydrogen-bond acceptors (Lipinski definition) is 4. The molecule has 0 radical (unpaired) electrons. The van der Waals surface area contributed by atoms with Gasteiger partial charge in [-0.1, -0.05) is 6.07 Å². The van der Waals surface area contributed by atoms with Crippen LogP contribution in [0.4, 0.5) is 4.79 Å². The molecule has 7 heteroatoms. The molecule has 1 N–H and O–H groups in total. The van der Waals surface area contributed by atoms with Crippen LogP contribution in [0.2, 0.25) is 0 Å². The number of allylic oxidation sites excluding steroid dienone is 1. The van der Waals surface area contributed by atoms with Crippen molar-refractivity contribution in [2.45, 2.75) is 13.5 Å². The van der Waals surface area contributed by atoms with E-state index >= 15 is 0 Å². The van der Waals surface area contributed by atoms with Crippen molar-refractivity contribution < 1.29 is 14.6 Å². The first-order valence-electron chi connectivity index (χ1n) is 6.93. The fraction of sp³-hybridized carbons (Fsp3) is 0.333. The van der Waals surface area contributed by atoms with E-state index in [1.54, 1.807) is 24.6 Å². The molecular weight excluding hydrogens is 300 g/mol. The number of carbonyl (C=O) groups is 2. The zero-order valence-corrected chi connectivity index (χ0v) is 13.5. The minimum absolute atomic E-state index is 0.247. The Hall–Kier alpha value is -2.28. The van der Waals surface area contributed by atoms with Crippen LogP contribution in [0.3, 0.4) is 0 Å². The smallest absolute Gasteiger partial charge is 0.282 e. The Labute approximate surface area is 132 Å². The van der Waals surface area contributed by atoms with Gasteiger partial charge in [-0.25, -0.2) is 14.7 Å². The van der Waals surface area contributed by atoms with Gasteiger partial charge in [-0.3, -0.25) is 9.79 Å². The molecule has 0 bridgehead atoms. The van der Waals surface area contributed by atoms with Gasteiger partial charge in [0.1, 0.15) is 0 Å². The third kappa shape index (κ3) is 2.27. The summed E-state index contributed by atoms with van der Waals surface area (Å²) in [5, 5.41) is 2.00. The molecule has 0 spiro atoms. The van der Waals surface area contributed by atoms with Crippen LogP contribution < -0.4 is 4.99 Å². The molecule has 6 nitrogen and oxygen atoms in total. The van der Waals surface area contributed by atoms with Crippen LogP contribution in [0.1, 0.15) is 11.8 Å². The highest BCUT2D eigenvalue weighted by atomic mass is 32.1. The first kappa shape index (κ1) is 14.6. The van der Waals surface area contributed by atoms with Crippen LogP contribution in [-0.2, 0) is 11.3 Å². The lowest BCUT2D eigenvalue weighted by Crippen LogP contribution is -2.80. The first-order valence-corrected chi connectivity index (χ1v) is 7.81. The normalized spacial score (nSPS) is 23.6. The summed E-state index contributed by atoms with van der Waals surface area (Å²) in [5.74, 6) is -0.218. The van der Waals surface area contributed by atoms with Crippen LogP contribution in [0.25, 0.3) is 0 Å². The summed E-state index contributed by atoms with van der Waals surface area (Å²) in [4.78, 5) is 36.0. The second kappa shape index (κ2) is 5.49. The standard InChI is InChI=1S/C15H16N4O2S/c1-9-7-17-13-11(14(20)19(3)15(21)18(13)2)12(9)16-8-10-5-4-6-22-10/h4-7,11H,8H2,1-3H3/p+1. The maximum atomic E-state index is 12.5. The zero-order valence-electron chi connectivity index (χ0n) is 12.7. The summed E-state index contributed by atoms with van der Waals surface area (Å²) in [6.45, 7) is 2.46. The number of hydrogen-bond donors (Lipinski definition) is 1. The quantitative estimate of drug-likeness (QED) is 0.848. The SMILES string of the molecule is CC1=C[NH+]=C2C(C(=O)N(C)C(=O)N2C)C1=NCc1cccs1. The summed E-state index contributed by atoms with van der Waals surface area (Å²) in [7, 11) is 3.16. The van der Waals surface area contributed by atoms with Crippen molar-refractivity contribution in [3.8, 4) is 0 Å². The minimum Gasteiger partial charge on any atom is -0.282 e. The Kier molecular flexibility index (Phi) is 3.66. The molecule has 2 aliphatic rings. The van der Waals surface area contributed by atoms with E-state index in [1.807, 2.05) is 24.4 Å². The largest absolute Gasteiger partial charge is 0.417 e. The van der Waals surface area contributed by atoms with E-state index in [4.69, 9.17) is 0 Å². The lowest BCUT2D eigenvalue weighted by atomic mass is 9.91. The van der Waals surface area contributed by atoms with Crippen molar-refractivity contribution in [2.75, 3.05) is 14.1 Å². The summed E-state index contributed by atoms with van der Waals surface area (Å²) in [6, 6.07) is 3.66. The second-order valence-corrected chi connectivity index (χ2v) is 6.34. The van der Waals surface area contributed by atoms with Crippen LogP contribution in [0.15, 0.2) is 34.3 Å². The van der Waals surface area contributed by atoms with Gasteiger partial charge >= 0.3 is 6.03 Å². The molecular formula is C15H17N4O2S+. The maximum Gasteiger partial charge on any atom is 0.417 e. The lowest BCUT2D eigenvalue weighted by molar-refractivity contribution is -0.383. The second-order valence-electron chi connectivity index (χ2n) is 5.31. The molecule has 0 aliphatic carbocycles. The van der Waals surface area contributed by atoms with E-state index in [-0.39, 0.29) is 11.9 Å². The lowest BCUT2D eigenvalue weighted by Gasteiger charge is -2.32. The monoisotopic (exact) mass is 317 g/mol. The van der Waals surface area contributed by atoms with E-state index < -0.39 is 5.92 Å². The van der Waals surface area contributed by atoms with Crippen molar-refractivity contribution in [3.05, 3.63) is 34.2 Å². The molecule has 3 heterocycles. The van der Waals surface area contributed by atoms with E-state index in [2.05, 4.69) is 9.98 Å². The van der Waals surface area contributed by atoms with Crippen molar-refractivity contribution >= 4 is 34.8 Å². The Bertz CT molecular complexity index is 718. The van der Waals surface area contributed by atoms with Crippen molar-refractivity contribution in [1.29, 1.82) is 0 Å². The van der Waals surface area contributed by atoms with Crippen LogP contribution in [0, 0.1) is 5.92 Å². The first-order chi connectivity index (χ1) is 10.5. The molecule has 0 saturated carbocycles. The Morgan fingerprint density at radius 1 is 1.32 bits per heavy atom. The van der Waals surface area contributed by atoms with E-state index in [0.29, 0.717) is 12.4 Å². The summed E-state index contributed by atoms with van der Waals surface area (Å²) in [6.07, 6.45) is 1.79. The Morgan fingerprint density at radius 2 is 2.09 bits per heavy atom. The number of nitrogens with one attached hydrogen (secondary N) is 1. The topological polar surface area (TPSA) is 67.0 Å². The number of rotatable bonds is 2. The van der Waals surface area contributed by atoms with Crippen LogP contribution in [0.5, 0.6) is 0 Å². The Balaban J connectivity index is 1.99. The third-order valence-corrected chi connectivity index (χ3v) is 4.75. The molecule has 1 aromatic heterocycles. The molecule has 3 amide bonds. The summed E-state index contributed by atoms with van der Waals surface area (Å²) >= 11 is 1.64. The summed E-state index contributed by atoms with van der Waals surface area (Å²) in [5.41, 5.74) is 1.63. The van der Waals surface area contributed by atoms with Gasteiger partial charge in [0, 0.05) is 17.5 Å². The van der Waals surface area contributed by atoms with E-state index in [9.17, 15) is 9.59 Å². The number of carbonyl (C=O) groups excluding carboxylic acids is 2. The van der Waals surface area contributed by atoms with Gasteiger partial charge in [0.25, 0.3) is 11.7 Å². The minimum atomic E-state index is -0.544. The molecule has 3 rings (SSSR count). The average molecular weight is 317 g/mol. The number of nitrogens with zero attached hydrogens (tertiary/aromatic N) is 3. The number of fused-ring (bicyclic) bond motifs is 1. The molecule has 2 aliphatic heterocycles. The molecule has 114 valence electrons. The van der Waals surface area contributed by atoms with Gasteiger partial charge in [-0.05, 0) is 18.4 Å². The number of urea groups is 1. The van der Waals surface area contributed by atoms with Gasteiger partial charge < -0.3 is 0 Å².